The normalized spacial score (nSPS) is 20.3. The second kappa shape index (κ2) is 4.31. The van der Waals surface area contributed by atoms with Crippen LogP contribution in [0.5, 0.6) is 0 Å². The molecule has 1 aliphatic rings. The van der Waals surface area contributed by atoms with Gasteiger partial charge in [-0.05, 0) is 19.3 Å². The zero-order valence-corrected chi connectivity index (χ0v) is 7.82. The molecule has 0 radical (unpaired) electrons. The summed E-state index contributed by atoms with van der Waals surface area (Å²) < 4.78 is 35.2. The van der Waals surface area contributed by atoms with Gasteiger partial charge in [0, 0.05) is 12.6 Å². The van der Waals surface area contributed by atoms with E-state index in [1.165, 1.54) is 12.8 Å². The maximum absolute atomic E-state index is 11.7. The average molecular weight is 195 g/mol. The van der Waals surface area contributed by atoms with Crippen LogP contribution in [0.3, 0.4) is 0 Å². The highest BCUT2D eigenvalue weighted by Gasteiger charge is 2.27. The molecule has 1 rings (SSSR count). The van der Waals surface area contributed by atoms with Gasteiger partial charge in [-0.3, -0.25) is 0 Å². The van der Waals surface area contributed by atoms with E-state index in [1.807, 2.05) is 6.92 Å². The van der Waals surface area contributed by atoms with Crippen molar-refractivity contribution in [1.29, 1.82) is 0 Å². The van der Waals surface area contributed by atoms with E-state index < -0.39 is 12.6 Å². The van der Waals surface area contributed by atoms with Gasteiger partial charge in [0.25, 0.3) is 0 Å². The first-order chi connectivity index (χ1) is 5.97. The molecule has 0 aliphatic heterocycles. The van der Waals surface area contributed by atoms with Crippen LogP contribution < -0.4 is 5.32 Å². The summed E-state index contributed by atoms with van der Waals surface area (Å²) in [5.74, 6) is 0.772. The van der Waals surface area contributed by atoms with E-state index in [9.17, 15) is 13.2 Å². The molecule has 0 aromatic carbocycles. The minimum atomic E-state index is -4.02. The highest BCUT2D eigenvalue weighted by atomic mass is 19.4. The fourth-order valence-electron chi connectivity index (χ4n) is 1.40. The third kappa shape index (κ3) is 5.91. The van der Waals surface area contributed by atoms with E-state index in [2.05, 4.69) is 5.32 Å². The van der Waals surface area contributed by atoms with Gasteiger partial charge in [0.1, 0.15) is 0 Å². The van der Waals surface area contributed by atoms with Gasteiger partial charge in [0.2, 0.25) is 0 Å². The molecule has 0 bridgehead atoms. The van der Waals surface area contributed by atoms with Gasteiger partial charge >= 0.3 is 6.18 Å². The van der Waals surface area contributed by atoms with Gasteiger partial charge in [-0.1, -0.05) is 12.8 Å². The monoisotopic (exact) mass is 195 g/mol. The Labute approximate surface area is 76.7 Å². The molecule has 0 aromatic rings. The second-order valence-corrected chi connectivity index (χ2v) is 3.90. The molecular weight excluding hydrogens is 179 g/mol. The summed E-state index contributed by atoms with van der Waals surface area (Å²) in [6.45, 7) is 2.01. The number of alkyl halides is 3. The summed E-state index contributed by atoms with van der Waals surface area (Å²) in [5.41, 5.74) is 0. The summed E-state index contributed by atoms with van der Waals surface area (Å²) >= 11 is 0. The van der Waals surface area contributed by atoms with Gasteiger partial charge in [-0.2, -0.15) is 13.2 Å². The molecule has 0 spiro atoms. The minimum Gasteiger partial charge on any atom is -0.314 e. The van der Waals surface area contributed by atoms with Crippen molar-refractivity contribution < 1.29 is 13.2 Å². The number of nitrogens with one attached hydrogen (secondary N) is 1. The van der Waals surface area contributed by atoms with Gasteiger partial charge < -0.3 is 5.32 Å². The first-order valence-electron chi connectivity index (χ1n) is 4.77. The molecule has 1 N–H and O–H groups in total. The predicted molar refractivity (Wildman–Crippen MR) is 45.5 cm³/mol. The fourth-order valence-corrected chi connectivity index (χ4v) is 1.40. The van der Waals surface area contributed by atoms with E-state index in [0.29, 0.717) is 0 Å². The lowest BCUT2D eigenvalue weighted by molar-refractivity contribution is -0.133. The standard InChI is InChI=1S/C9H16F3N/c1-7(6-8-2-3-8)13-5-4-9(10,11)12/h7-8,13H,2-6H2,1H3. The average Bonchev–Trinajstić information content (AvgIpc) is 2.68. The third-order valence-electron chi connectivity index (χ3n) is 2.29. The molecular formula is C9H16F3N. The number of rotatable bonds is 5. The molecule has 0 heterocycles. The van der Waals surface area contributed by atoms with Crippen molar-refractivity contribution in [2.24, 2.45) is 5.92 Å². The summed E-state index contributed by atoms with van der Waals surface area (Å²) in [5, 5.41) is 2.89. The number of hydrogen-bond acceptors (Lipinski definition) is 1. The molecule has 4 heteroatoms. The van der Waals surface area contributed by atoms with Crippen LogP contribution in [0.2, 0.25) is 0 Å². The van der Waals surface area contributed by atoms with E-state index in [-0.39, 0.29) is 12.6 Å². The van der Waals surface area contributed by atoms with Crippen molar-refractivity contribution in [2.75, 3.05) is 6.54 Å². The molecule has 0 aromatic heterocycles. The topological polar surface area (TPSA) is 12.0 Å². The zero-order chi connectivity index (χ0) is 9.90. The largest absolute Gasteiger partial charge is 0.390 e. The number of hydrogen-bond donors (Lipinski definition) is 1. The quantitative estimate of drug-likeness (QED) is 0.711. The summed E-state index contributed by atoms with van der Waals surface area (Å²) in [4.78, 5) is 0. The Balaban J connectivity index is 1.97. The Hall–Kier alpha value is -0.250. The maximum atomic E-state index is 11.7. The van der Waals surface area contributed by atoms with Crippen molar-refractivity contribution in [3.05, 3.63) is 0 Å². The smallest absolute Gasteiger partial charge is 0.314 e. The highest BCUT2D eigenvalue weighted by molar-refractivity contribution is 4.77. The van der Waals surface area contributed by atoms with Crippen molar-refractivity contribution >= 4 is 0 Å². The van der Waals surface area contributed by atoms with Crippen LogP contribution in [0.1, 0.15) is 32.6 Å². The summed E-state index contributed by atoms with van der Waals surface area (Å²) in [6, 6.07) is 0.231. The summed E-state index contributed by atoms with van der Waals surface area (Å²) in [6.07, 6.45) is -1.21. The van der Waals surface area contributed by atoms with Crippen molar-refractivity contribution in [1.82, 2.24) is 5.32 Å². The molecule has 78 valence electrons. The van der Waals surface area contributed by atoms with Crippen molar-refractivity contribution in [3.63, 3.8) is 0 Å². The fraction of sp³-hybridized carbons (Fsp3) is 1.00. The Kier molecular flexibility index (Phi) is 3.59. The number of halogens is 3. The highest BCUT2D eigenvalue weighted by Crippen LogP contribution is 2.33. The Morgan fingerprint density at radius 3 is 2.46 bits per heavy atom. The zero-order valence-electron chi connectivity index (χ0n) is 7.82. The first kappa shape index (κ1) is 10.8. The molecule has 0 amide bonds. The second-order valence-electron chi connectivity index (χ2n) is 3.90. The third-order valence-corrected chi connectivity index (χ3v) is 2.29. The van der Waals surface area contributed by atoms with Crippen LogP contribution in [-0.2, 0) is 0 Å². The maximum Gasteiger partial charge on any atom is 0.390 e. The Morgan fingerprint density at radius 1 is 1.38 bits per heavy atom. The molecule has 1 saturated carbocycles. The van der Waals surface area contributed by atoms with Crippen LogP contribution in [0.25, 0.3) is 0 Å². The summed E-state index contributed by atoms with van der Waals surface area (Å²) in [7, 11) is 0. The molecule has 1 nitrogen and oxygen atoms in total. The van der Waals surface area contributed by atoms with Crippen LogP contribution in [0.15, 0.2) is 0 Å². The predicted octanol–water partition coefficient (Wildman–Crippen LogP) is 2.72. The Bertz CT molecular complexity index is 151. The van der Waals surface area contributed by atoms with Gasteiger partial charge in [0.15, 0.2) is 0 Å². The lowest BCUT2D eigenvalue weighted by atomic mass is 10.1. The van der Waals surface area contributed by atoms with E-state index in [0.717, 1.165) is 12.3 Å². The van der Waals surface area contributed by atoms with E-state index >= 15 is 0 Å². The van der Waals surface area contributed by atoms with Crippen LogP contribution >= 0.6 is 0 Å². The van der Waals surface area contributed by atoms with Crippen LogP contribution in [-0.4, -0.2) is 18.8 Å². The van der Waals surface area contributed by atoms with Gasteiger partial charge in [-0.15, -0.1) is 0 Å². The molecule has 1 aliphatic carbocycles. The molecule has 13 heavy (non-hydrogen) atoms. The van der Waals surface area contributed by atoms with Crippen molar-refractivity contribution in [2.45, 2.75) is 44.8 Å². The van der Waals surface area contributed by atoms with Gasteiger partial charge in [0.05, 0.1) is 6.42 Å². The molecule has 1 unspecified atom stereocenters. The van der Waals surface area contributed by atoms with E-state index in [1.54, 1.807) is 0 Å². The van der Waals surface area contributed by atoms with Crippen molar-refractivity contribution in [3.8, 4) is 0 Å². The van der Waals surface area contributed by atoms with E-state index in [4.69, 9.17) is 0 Å². The minimum absolute atomic E-state index is 0.0530. The lowest BCUT2D eigenvalue weighted by Gasteiger charge is -2.13. The Morgan fingerprint density at radius 2 is 2.00 bits per heavy atom. The van der Waals surface area contributed by atoms with Gasteiger partial charge in [-0.25, -0.2) is 0 Å². The molecule has 0 saturated heterocycles. The first-order valence-corrected chi connectivity index (χ1v) is 4.77. The SMILES string of the molecule is CC(CC1CC1)NCCC(F)(F)F. The van der Waals surface area contributed by atoms with Crippen LogP contribution in [0, 0.1) is 5.92 Å². The van der Waals surface area contributed by atoms with Crippen LogP contribution in [0.4, 0.5) is 13.2 Å². The molecule has 1 atom stereocenters. The molecule has 1 fully saturated rings. The lowest BCUT2D eigenvalue weighted by Crippen LogP contribution is -2.30.